The van der Waals surface area contributed by atoms with E-state index < -0.39 is 0 Å². The molecule has 0 saturated carbocycles. The van der Waals surface area contributed by atoms with E-state index in [1.54, 1.807) is 12.3 Å². The fourth-order valence-corrected chi connectivity index (χ4v) is 2.66. The predicted octanol–water partition coefficient (Wildman–Crippen LogP) is 3.17. The Hall–Kier alpha value is -3.67. The number of nitrogens with zero attached hydrogens (tertiary/aromatic N) is 1. The van der Waals surface area contributed by atoms with E-state index in [4.69, 9.17) is 0 Å². The maximum atomic E-state index is 12.4. The number of rotatable bonds is 3. The summed E-state index contributed by atoms with van der Waals surface area (Å²) in [5.41, 5.74) is 4.05. The first-order valence-electron chi connectivity index (χ1n) is 7.73. The van der Waals surface area contributed by atoms with Crippen LogP contribution in [0.4, 0.5) is 5.69 Å². The van der Waals surface area contributed by atoms with E-state index in [-0.39, 0.29) is 11.6 Å². The predicted molar refractivity (Wildman–Crippen MR) is 96.5 cm³/mol. The van der Waals surface area contributed by atoms with Gasteiger partial charge >= 0.3 is 5.69 Å². The lowest BCUT2D eigenvalue weighted by molar-refractivity contribution is 0.102. The summed E-state index contributed by atoms with van der Waals surface area (Å²) in [6, 6.07) is 16.6. The van der Waals surface area contributed by atoms with Crippen molar-refractivity contribution in [1.82, 2.24) is 15.0 Å². The molecule has 6 heteroatoms. The van der Waals surface area contributed by atoms with Gasteiger partial charge in [-0.1, -0.05) is 24.3 Å². The van der Waals surface area contributed by atoms with E-state index in [9.17, 15) is 9.59 Å². The average Bonchev–Trinajstić information content (AvgIpc) is 3.02. The molecule has 0 aliphatic rings. The number of fused-ring (bicyclic) bond motifs is 1. The van der Waals surface area contributed by atoms with Crippen molar-refractivity contribution in [2.75, 3.05) is 5.32 Å². The number of pyridine rings is 1. The molecule has 0 bridgehead atoms. The van der Waals surface area contributed by atoms with Gasteiger partial charge in [-0.15, -0.1) is 0 Å². The zero-order valence-electron chi connectivity index (χ0n) is 13.1. The number of carbonyl (C=O) groups excluding carboxylic acids is 1. The molecular weight excluding hydrogens is 316 g/mol. The summed E-state index contributed by atoms with van der Waals surface area (Å²) >= 11 is 0. The SMILES string of the molecule is O=C(Nc1ccccc1)c1cncc(-c2ccc3[nH]c(=O)[nH]c3c2)c1. The monoisotopic (exact) mass is 330 g/mol. The van der Waals surface area contributed by atoms with Crippen LogP contribution in [0.1, 0.15) is 10.4 Å². The highest BCUT2D eigenvalue weighted by molar-refractivity contribution is 6.04. The molecule has 6 nitrogen and oxygen atoms in total. The molecule has 4 rings (SSSR count). The Morgan fingerprint density at radius 2 is 1.68 bits per heavy atom. The third kappa shape index (κ3) is 3.05. The Morgan fingerprint density at radius 3 is 2.52 bits per heavy atom. The molecule has 0 spiro atoms. The number of aromatic nitrogens is 3. The van der Waals surface area contributed by atoms with Gasteiger partial charge in [0.25, 0.3) is 5.91 Å². The Balaban J connectivity index is 1.66. The number of amides is 1. The third-order valence-corrected chi connectivity index (χ3v) is 3.88. The van der Waals surface area contributed by atoms with Crippen LogP contribution in [0.15, 0.2) is 71.8 Å². The van der Waals surface area contributed by atoms with Gasteiger partial charge in [0.05, 0.1) is 16.6 Å². The van der Waals surface area contributed by atoms with E-state index in [1.807, 2.05) is 48.5 Å². The van der Waals surface area contributed by atoms with Crippen LogP contribution >= 0.6 is 0 Å². The van der Waals surface area contributed by atoms with Crippen LogP contribution < -0.4 is 11.0 Å². The summed E-state index contributed by atoms with van der Waals surface area (Å²) in [6.07, 6.45) is 3.21. The van der Waals surface area contributed by atoms with Crippen LogP contribution in [0, 0.1) is 0 Å². The number of anilines is 1. The number of nitrogens with one attached hydrogen (secondary N) is 3. The van der Waals surface area contributed by atoms with Crippen LogP contribution in [0.25, 0.3) is 22.2 Å². The maximum absolute atomic E-state index is 12.4. The summed E-state index contributed by atoms with van der Waals surface area (Å²) in [5.74, 6) is -0.225. The smallest absolute Gasteiger partial charge is 0.322 e. The molecule has 4 aromatic rings. The van der Waals surface area contributed by atoms with Gasteiger partial charge in [0.2, 0.25) is 0 Å². The fourth-order valence-electron chi connectivity index (χ4n) is 2.66. The largest absolute Gasteiger partial charge is 0.323 e. The lowest BCUT2D eigenvalue weighted by atomic mass is 10.1. The van der Waals surface area contributed by atoms with Crippen molar-refractivity contribution in [2.45, 2.75) is 0 Å². The normalized spacial score (nSPS) is 10.7. The minimum Gasteiger partial charge on any atom is -0.322 e. The Kier molecular flexibility index (Phi) is 3.63. The average molecular weight is 330 g/mol. The van der Waals surface area contributed by atoms with Gasteiger partial charge in [0.1, 0.15) is 0 Å². The Bertz CT molecular complexity index is 1110. The zero-order valence-corrected chi connectivity index (χ0v) is 13.1. The zero-order chi connectivity index (χ0) is 17.2. The van der Waals surface area contributed by atoms with E-state index in [0.717, 1.165) is 22.3 Å². The number of aromatic amines is 2. The van der Waals surface area contributed by atoms with Crippen molar-refractivity contribution >= 4 is 22.6 Å². The van der Waals surface area contributed by atoms with Gasteiger partial charge in [-0.3, -0.25) is 9.78 Å². The molecule has 0 fully saturated rings. The number of benzene rings is 2. The number of hydrogen-bond acceptors (Lipinski definition) is 3. The number of para-hydroxylation sites is 1. The number of imidazole rings is 1. The highest BCUT2D eigenvalue weighted by Gasteiger charge is 2.09. The lowest BCUT2D eigenvalue weighted by Crippen LogP contribution is -2.12. The van der Waals surface area contributed by atoms with Gasteiger partial charge in [-0.05, 0) is 35.9 Å². The summed E-state index contributed by atoms with van der Waals surface area (Å²) < 4.78 is 0. The maximum Gasteiger partial charge on any atom is 0.323 e. The second kappa shape index (κ2) is 6.09. The Labute approximate surface area is 142 Å². The topological polar surface area (TPSA) is 90.6 Å². The van der Waals surface area contributed by atoms with E-state index in [0.29, 0.717) is 11.1 Å². The van der Waals surface area contributed by atoms with E-state index in [2.05, 4.69) is 20.3 Å². The highest BCUT2D eigenvalue weighted by atomic mass is 16.1. The molecule has 1 amide bonds. The van der Waals surface area contributed by atoms with Gasteiger partial charge < -0.3 is 15.3 Å². The molecule has 122 valence electrons. The van der Waals surface area contributed by atoms with Crippen LogP contribution in [-0.2, 0) is 0 Å². The molecule has 0 unspecified atom stereocenters. The van der Waals surface area contributed by atoms with Crippen molar-refractivity contribution in [3.8, 4) is 11.1 Å². The van der Waals surface area contributed by atoms with Crippen LogP contribution in [0.3, 0.4) is 0 Å². The van der Waals surface area contributed by atoms with Crippen LogP contribution in [0.2, 0.25) is 0 Å². The van der Waals surface area contributed by atoms with Crippen molar-refractivity contribution < 1.29 is 4.79 Å². The first kappa shape index (κ1) is 14.9. The van der Waals surface area contributed by atoms with Crippen LogP contribution in [0.5, 0.6) is 0 Å². The summed E-state index contributed by atoms with van der Waals surface area (Å²) in [5, 5.41) is 2.84. The van der Waals surface area contributed by atoms with Crippen molar-refractivity contribution in [3.63, 3.8) is 0 Å². The molecule has 0 aliphatic carbocycles. The number of carbonyl (C=O) groups is 1. The minimum atomic E-state index is -0.249. The van der Waals surface area contributed by atoms with Crippen molar-refractivity contribution in [1.29, 1.82) is 0 Å². The summed E-state index contributed by atoms with van der Waals surface area (Å²) in [7, 11) is 0. The van der Waals surface area contributed by atoms with Crippen molar-refractivity contribution in [3.05, 3.63) is 83.0 Å². The second-order valence-corrected chi connectivity index (χ2v) is 5.62. The molecule has 0 saturated heterocycles. The number of hydrogen-bond donors (Lipinski definition) is 3. The lowest BCUT2D eigenvalue weighted by Gasteiger charge is -2.07. The molecule has 2 heterocycles. The second-order valence-electron chi connectivity index (χ2n) is 5.62. The highest BCUT2D eigenvalue weighted by Crippen LogP contribution is 2.22. The standard InChI is InChI=1S/C19H14N4O2/c24-18(21-15-4-2-1-3-5-15)14-8-13(10-20-11-14)12-6-7-16-17(9-12)23-19(25)22-16/h1-11H,(H,21,24)(H2,22,23,25). The molecule has 3 N–H and O–H groups in total. The minimum absolute atomic E-state index is 0.225. The van der Waals surface area contributed by atoms with Gasteiger partial charge in [0.15, 0.2) is 0 Å². The summed E-state index contributed by atoms with van der Waals surface area (Å²) in [4.78, 5) is 33.4. The van der Waals surface area contributed by atoms with Crippen LogP contribution in [-0.4, -0.2) is 20.9 Å². The van der Waals surface area contributed by atoms with Crippen molar-refractivity contribution in [2.24, 2.45) is 0 Å². The first-order chi connectivity index (χ1) is 12.2. The van der Waals surface area contributed by atoms with Gasteiger partial charge in [0, 0.05) is 23.6 Å². The Morgan fingerprint density at radius 1 is 0.880 bits per heavy atom. The number of H-pyrrole nitrogens is 2. The fraction of sp³-hybridized carbons (Fsp3) is 0. The van der Waals surface area contributed by atoms with E-state index in [1.165, 1.54) is 6.20 Å². The molecule has 2 aromatic heterocycles. The molecule has 25 heavy (non-hydrogen) atoms. The molecule has 0 aliphatic heterocycles. The quantitative estimate of drug-likeness (QED) is 0.539. The molecule has 0 atom stereocenters. The molecule has 0 radical (unpaired) electrons. The molecule has 2 aromatic carbocycles. The van der Waals surface area contributed by atoms with Gasteiger partial charge in [-0.2, -0.15) is 0 Å². The van der Waals surface area contributed by atoms with E-state index >= 15 is 0 Å². The third-order valence-electron chi connectivity index (χ3n) is 3.88. The summed E-state index contributed by atoms with van der Waals surface area (Å²) in [6.45, 7) is 0. The first-order valence-corrected chi connectivity index (χ1v) is 7.73. The molecular formula is C19H14N4O2. The van der Waals surface area contributed by atoms with Gasteiger partial charge in [-0.25, -0.2) is 4.79 Å².